The summed E-state index contributed by atoms with van der Waals surface area (Å²) in [5, 5.41) is 16.3. The fourth-order valence-corrected chi connectivity index (χ4v) is 2.06. The molecule has 1 aromatic rings. The van der Waals surface area contributed by atoms with Gasteiger partial charge in [0.1, 0.15) is 5.75 Å². The van der Waals surface area contributed by atoms with Crippen molar-refractivity contribution in [2.45, 2.75) is 6.04 Å². The minimum atomic E-state index is 0.209. The monoisotopic (exact) mass is 256 g/mol. The Hall–Kier alpha value is -0.580. The Kier molecular flexibility index (Phi) is 3.05. The highest BCUT2D eigenvalue weighted by atomic mass is 79.9. The van der Waals surface area contributed by atoms with Gasteiger partial charge in [0, 0.05) is 35.7 Å². The molecule has 1 heterocycles. The predicted molar refractivity (Wildman–Crippen MR) is 59.4 cm³/mol. The van der Waals surface area contributed by atoms with E-state index < -0.39 is 0 Å². The highest BCUT2D eigenvalue weighted by Crippen LogP contribution is 2.27. The number of benzene rings is 1. The van der Waals surface area contributed by atoms with E-state index in [1.807, 2.05) is 12.1 Å². The predicted octanol–water partition coefficient (Wildman–Crippen LogP) is 1.39. The molecule has 1 atom stereocenters. The van der Waals surface area contributed by atoms with Gasteiger partial charge >= 0.3 is 0 Å². The van der Waals surface area contributed by atoms with Gasteiger partial charge in [-0.25, -0.2) is 0 Å². The summed E-state index contributed by atoms with van der Waals surface area (Å²) in [6, 6.07) is 5.73. The smallest absolute Gasteiger partial charge is 0.120 e. The zero-order valence-electron chi connectivity index (χ0n) is 7.76. The van der Waals surface area contributed by atoms with E-state index in [1.54, 1.807) is 6.07 Å². The van der Waals surface area contributed by atoms with Crippen LogP contribution in [0.2, 0.25) is 0 Å². The Morgan fingerprint density at radius 2 is 2.21 bits per heavy atom. The molecular weight excluding hydrogens is 244 g/mol. The molecule has 1 aliphatic rings. The molecule has 0 spiro atoms. The molecule has 76 valence electrons. The van der Waals surface area contributed by atoms with Gasteiger partial charge in [-0.05, 0) is 18.2 Å². The Balaban J connectivity index is 2.24. The second-order valence-corrected chi connectivity index (χ2v) is 4.33. The lowest BCUT2D eigenvalue weighted by Crippen LogP contribution is -2.42. The maximum Gasteiger partial charge on any atom is 0.120 e. The topological polar surface area (TPSA) is 44.3 Å². The molecule has 0 aromatic heterocycles. The van der Waals surface area contributed by atoms with Crippen LogP contribution in [-0.2, 0) is 0 Å². The van der Waals surface area contributed by atoms with Crippen LogP contribution in [0, 0.1) is 0 Å². The molecule has 3 nitrogen and oxygen atoms in total. The zero-order chi connectivity index (χ0) is 9.97. The van der Waals surface area contributed by atoms with Crippen molar-refractivity contribution in [3.63, 3.8) is 0 Å². The number of phenols is 1. The first-order valence-corrected chi connectivity index (χ1v) is 5.49. The van der Waals surface area contributed by atoms with Crippen molar-refractivity contribution in [2.24, 2.45) is 0 Å². The van der Waals surface area contributed by atoms with E-state index >= 15 is 0 Å². The summed E-state index contributed by atoms with van der Waals surface area (Å²) < 4.78 is 0.998. The third-order valence-corrected chi connectivity index (χ3v) is 2.90. The van der Waals surface area contributed by atoms with Crippen LogP contribution in [0.3, 0.4) is 0 Å². The number of halogens is 1. The minimum absolute atomic E-state index is 0.209. The van der Waals surface area contributed by atoms with E-state index in [2.05, 4.69) is 26.6 Å². The van der Waals surface area contributed by atoms with Crippen LogP contribution in [0.25, 0.3) is 0 Å². The molecule has 0 saturated carbocycles. The van der Waals surface area contributed by atoms with Gasteiger partial charge in [0.05, 0.1) is 0 Å². The summed E-state index contributed by atoms with van der Waals surface area (Å²) >= 11 is 3.40. The molecule has 0 radical (unpaired) electrons. The Morgan fingerprint density at radius 1 is 1.36 bits per heavy atom. The number of phenolic OH excluding ortho intramolecular Hbond substituents is 1. The zero-order valence-corrected chi connectivity index (χ0v) is 9.34. The Bertz CT molecular complexity index is 324. The lowest BCUT2D eigenvalue weighted by molar-refractivity contribution is 0.404. The van der Waals surface area contributed by atoms with Crippen molar-refractivity contribution in [1.82, 2.24) is 10.6 Å². The van der Waals surface area contributed by atoms with E-state index in [1.165, 1.54) is 0 Å². The van der Waals surface area contributed by atoms with Crippen LogP contribution in [0.1, 0.15) is 11.6 Å². The average Bonchev–Trinajstić information content (AvgIpc) is 2.23. The molecule has 1 fully saturated rings. The number of hydrogen-bond donors (Lipinski definition) is 3. The number of nitrogens with one attached hydrogen (secondary N) is 2. The molecule has 1 aromatic carbocycles. The molecule has 1 aliphatic heterocycles. The van der Waals surface area contributed by atoms with Crippen LogP contribution >= 0.6 is 15.9 Å². The van der Waals surface area contributed by atoms with E-state index in [-0.39, 0.29) is 6.04 Å². The number of rotatable bonds is 1. The summed E-state index contributed by atoms with van der Waals surface area (Å²) in [5.41, 5.74) is 0.951. The first-order chi connectivity index (χ1) is 6.77. The lowest BCUT2D eigenvalue weighted by Gasteiger charge is -2.25. The molecule has 0 bridgehead atoms. The van der Waals surface area contributed by atoms with Crippen LogP contribution < -0.4 is 10.6 Å². The molecule has 0 amide bonds. The fourth-order valence-electron chi connectivity index (χ4n) is 1.68. The molecule has 1 saturated heterocycles. The second-order valence-electron chi connectivity index (χ2n) is 3.41. The van der Waals surface area contributed by atoms with Crippen molar-refractivity contribution < 1.29 is 5.11 Å². The summed E-state index contributed by atoms with van der Waals surface area (Å²) in [6.07, 6.45) is 0. The normalized spacial score (nSPS) is 22.2. The van der Waals surface area contributed by atoms with Crippen LogP contribution in [0.4, 0.5) is 0 Å². The molecule has 0 unspecified atom stereocenters. The van der Waals surface area contributed by atoms with E-state index in [0.29, 0.717) is 5.75 Å². The molecule has 2 rings (SSSR count). The number of piperazine rings is 1. The average molecular weight is 257 g/mol. The van der Waals surface area contributed by atoms with Gasteiger partial charge in [-0.3, -0.25) is 0 Å². The van der Waals surface area contributed by atoms with Gasteiger partial charge in [0.15, 0.2) is 0 Å². The SMILES string of the molecule is Oc1ccc(Br)cc1[C@H]1CNCCN1. The Labute approximate surface area is 91.6 Å². The van der Waals surface area contributed by atoms with Crippen molar-refractivity contribution in [3.05, 3.63) is 28.2 Å². The molecule has 14 heavy (non-hydrogen) atoms. The standard InChI is InChI=1S/C10H13BrN2O/c11-7-1-2-10(14)8(5-7)9-6-12-3-4-13-9/h1-2,5,9,12-14H,3-4,6H2/t9-/m1/s1. The van der Waals surface area contributed by atoms with E-state index in [4.69, 9.17) is 0 Å². The molecular formula is C10H13BrN2O. The first kappa shape index (κ1) is 9.96. The van der Waals surface area contributed by atoms with Gasteiger partial charge < -0.3 is 15.7 Å². The van der Waals surface area contributed by atoms with Gasteiger partial charge in [-0.2, -0.15) is 0 Å². The highest BCUT2D eigenvalue weighted by Gasteiger charge is 2.17. The lowest BCUT2D eigenvalue weighted by atomic mass is 10.0. The summed E-state index contributed by atoms with van der Waals surface area (Å²) in [4.78, 5) is 0. The summed E-state index contributed by atoms with van der Waals surface area (Å²) in [7, 11) is 0. The molecule has 3 N–H and O–H groups in total. The molecule has 0 aliphatic carbocycles. The summed E-state index contributed by atoms with van der Waals surface area (Å²) in [5.74, 6) is 0.356. The third kappa shape index (κ3) is 2.08. The Morgan fingerprint density at radius 3 is 2.93 bits per heavy atom. The maximum absolute atomic E-state index is 9.70. The number of hydrogen-bond acceptors (Lipinski definition) is 3. The number of aromatic hydroxyl groups is 1. The van der Waals surface area contributed by atoms with Crippen molar-refractivity contribution >= 4 is 15.9 Å². The third-order valence-electron chi connectivity index (χ3n) is 2.41. The van der Waals surface area contributed by atoms with Crippen molar-refractivity contribution in [2.75, 3.05) is 19.6 Å². The first-order valence-electron chi connectivity index (χ1n) is 4.70. The largest absolute Gasteiger partial charge is 0.508 e. The van der Waals surface area contributed by atoms with E-state index in [9.17, 15) is 5.11 Å². The van der Waals surface area contributed by atoms with E-state index in [0.717, 1.165) is 29.7 Å². The molecule has 4 heteroatoms. The highest BCUT2D eigenvalue weighted by molar-refractivity contribution is 9.10. The second kappa shape index (κ2) is 4.29. The van der Waals surface area contributed by atoms with Crippen LogP contribution in [0.5, 0.6) is 5.75 Å². The van der Waals surface area contributed by atoms with Crippen LogP contribution in [0.15, 0.2) is 22.7 Å². The van der Waals surface area contributed by atoms with Gasteiger partial charge in [0.25, 0.3) is 0 Å². The van der Waals surface area contributed by atoms with Crippen molar-refractivity contribution in [1.29, 1.82) is 0 Å². The van der Waals surface area contributed by atoms with Crippen molar-refractivity contribution in [3.8, 4) is 5.75 Å². The van der Waals surface area contributed by atoms with Gasteiger partial charge in [-0.15, -0.1) is 0 Å². The van der Waals surface area contributed by atoms with Gasteiger partial charge in [-0.1, -0.05) is 15.9 Å². The van der Waals surface area contributed by atoms with Crippen LogP contribution in [-0.4, -0.2) is 24.7 Å². The quantitative estimate of drug-likeness (QED) is 0.712. The minimum Gasteiger partial charge on any atom is -0.508 e. The summed E-state index contributed by atoms with van der Waals surface area (Å²) in [6.45, 7) is 2.80. The van der Waals surface area contributed by atoms with Gasteiger partial charge in [0.2, 0.25) is 0 Å². The fraction of sp³-hybridized carbons (Fsp3) is 0.400. The maximum atomic E-state index is 9.70.